The van der Waals surface area contributed by atoms with E-state index in [9.17, 15) is 13.2 Å². The topological polar surface area (TPSA) is 57.9 Å². The van der Waals surface area contributed by atoms with E-state index in [2.05, 4.69) is 10.1 Å². The third-order valence-electron chi connectivity index (χ3n) is 4.97. The number of ether oxygens (including phenoxy) is 3. The minimum absolute atomic E-state index is 0.00497. The summed E-state index contributed by atoms with van der Waals surface area (Å²) in [7, 11) is 4.45. The van der Waals surface area contributed by atoms with E-state index in [-0.39, 0.29) is 17.9 Å². The van der Waals surface area contributed by atoms with Crippen molar-refractivity contribution in [1.82, 2.24) is 14.6 Å². The van der Waals surface area contributed by atoms with E-state index in [1.165, 1.54) is 21.3 Å². The Morgan fingerprint density at radius 1 is 0.875 bits per heavy atom. The normalized spacial score (nSPS) is 11.7. The number of benzene rings is 2. The number of fused-ring (bicyclic) bond motifs is 1. The Kier molecular flexibility index (Phi) is 5.75. The highest BCUT2D eigenvalue weighted by molar-refractivity contribution is 5.83. The van der Waals surface area contributed by atoms with Crippen molar-refractivity contribution in [2.24, 2.45) is 0 Å². The summed E-state index contributed by atoms with van der Waals surface area (Å²) in [5.74, 6) is 0.929. The molecule has 0 N–H and O–H groups in total. The number of rotatable bonds is 6. The van der Waals surface area contributed by atoms with E-state index >= 15 is 0 Å². The van der Waals surface area contributed by atoms with Crippen molar-refractivity contribution in [2.75, 3.05) is 21.3 Å². The van der Waals surface area contributed by atoms with E-state index in [0.29, 0.717) is 33.9 Å². The highest BCUT2D eigenvalue weighted by Gasteiger charge is 2.36. The largest absolute Gasteiger partial charge is 0.493 e. The first kappa shape index (κ1) is 21.6. The van der Waals surface area contributed by atoms with Gasteiger partial charge in [0, 0.05) is 12.7 Å². The van der Waals surface area contributed by atoms with Gasteiger partial charge in [-0.15, -0.1) is 0 Å². The molecule has 4 aromatic rings. The number of methoxy groups -OCH3 is 3. The number of hydrogen-bond acceptors (Lipinski definition) is 5. The van der Waals surface area contributed by atoms with Crippen molar-refractivity contribution >= 4 is 5.65 Å². The smallest absolute Gasteiger partial charge is 0.433 e. The van der Waals surface area contributed by atoms with E-state index in [1.807, 2.05) is 0 Å². The van der Waals surface area contributed by atoms with Gasteiger partial charge in [-0.3, -0.25) is 0 Å². The van der Waals surface area contributed by atoms with Crippen LogP contribution >= 0.6 is 0 Å². The molecule has 0 atom stereocenters. The molecule has 0 bridgehead atoms. The summed E-state index contributed by atoms with van der Waals surface area (Å²) in [5.41, 5.74) is 1.22. The third kappa shape index (κ3) is 3.87. The zero-order valence-corrected chi connectivity index (χ0v) is 17.6. The SMILES string of the molecule is COCc1nn2c(C(F)(F)F)cc(-c3ccccc3)nc2c1-c1ccc(OC)c(OC)c1. The van der Waals surface area contributed by atoms with Crippen molar-refractivity contribution in [3.05, 3.63) is 66.0 Å². The zero-order chi connectivity index (χ0) is 22.9. The second kappa shape index (κ2) is 8.51. The monoisotopic (exact) mass is 443 g/mol. The van der Waals surface area contributed by atoms with Crippen LogP contribution < -0.4 is 9.47 Å². The van der Waals surface area contributed by atoms with Crippen LogP contribution in [0.25, 0.3) is 28.0 Å². The van der Waals surface area contributed by atoms with Crippen molar-refractivity contribution in [1.29, 1.82) is 0 Å². The quantitative estimate of drug-likeness (QED) is 0.408. The molecular weight excluding hydrogens is 423 g/mol. The van der Waals surface area contributed by atoms with Gasteiger partial charge in [0.2, 0.25) is 0 Å². The van der Waals surface area contributed by atoms with Crippen LogP contribution in [0, 0.1) is 0 Å². The first-order valence-corrected chi connectivity index (χ1v) is 9.64. The van der Waals surface area contributed by atoms with Crippen molar-refractivity contribution < 1.29 is 27.4 Å². The lowest BCUT2D eigenvalue weighted by molar-refractivity contribution is -0.142. The Morgan fingerprint density at radius 3 is 2.22 bits per heavy atom. The molecule has 6 nitrogen and oxygen atoms in total. The average molecular weight is 443 g/mol. The zero-order valence-electron chi connectivity index (χ0n) is 17.6. The summed E-state index contributed by atoms with van der Waals surface area (Å²) in [6.45, 7) is 0.00497. The molecule has 0 spiro atoms. The predicted octanol–water partition coefficient (Wildman–Crippen LogP) is 5.25. The second-order valence-corrected chi connectivity index (χ2v) is 6.95. The molecule has 32 heavy (non-hydrogen) atoms. The van der Waals surface area contributed by atoms with Gasteiger partial charge in [0.05, 0.1) is 37.8 Å². The van der Waals surface area contributed by atoms with Crippen LogP contribution in [0.5, 0.6) is 11.5 Å². The van der Waals surface area contributed by atoms with Crippen LogP contribution in [0.3, 0.4) is 0 Å². The first-order valence-electron chi connectivity index (χ1n) is 9.64. The summed E-state index contributed by atoms with van der Waals surface area (Å²) < 4.78 is 58.7. The van der Waals surface area contributed by atoms with Crippen molar-refractivity contribution in [3.63, 3.8) is 0 Å². The summed E-state index contributed by atoms with van der Waals surface area (Å²) in [4.78, 5) is 4.57. The van der Waals surface area contributed by atoms with Gasteiger partial charge in [0.15, 0.2) is 22.8 Å². The second-order valence-electron chi connectivity index (χ2n) is 6.95. The molecule has 2 aromatic heterocycles. The maximum absolute atomic E-state index is 14.0. The highest BCUT2D eigenvalue weighted by Crippen LogP contribution is 2.39. The molecule has 9 heteroatoms. The minimum Gasteiger partial charge on any atom is -0.493 e. The summed E-state index contributed by atoms with van der Waals surface area (Å²) in [6, 6.07) is 14.8. The molecule has 166 valence electrons. The molecule has 0 saturated heterocycles. The number of nitrogens with zero attached hydrogens (tertiary/aromatic N) is 3. The molecule has 0 radical (unpaired) electrons. The van der Waals surface area contributed by atoms with E-state index in [4.69, 9.17) is 14.2 Å². The Morgan fingerprint density at radius 2 is 1.59 bits per heavy atom. The first-order chi connectivity index (χ1) is 15.4. The minimum atomic E-state index is -4.64. The fourth-order valence-corrected chi connectivity index (χ4v) is 3.55. The summed E-state index contributed by atoms with van der Waals surface area (Å²) in [6.07, 6.45) is -4.64. The van der Waals surface area contributed by atoms with Crippen molar-refractivity contribution in [2.45, 2.75) is 12.8 Å². The summed E-state index contributed by atoms with van der Waals surface area (Å²) >= 11 is 0. The number of hydrogen-bond donors (Lipinski definition) is 0. The Balaban J connectivity index is 2.07. The molecule has 2 aromatic carbocycles. The highest BCUT2D eigenvalue weighted by atomic mass is 19.4. The van der Waals surface area contributed by atoms with Gasteiger partial charge in [0.1, 0.15) is 0 Å². The average Bonchev–Trinajstić information content (AvgIpc) is 3.15. The lowest BCUT2D eigenvalue weighted by Crippen LogP contribution is -2.14. The molecule has 0 aliphatic rings. The van der Waals surface area contributed by atoms with Gasteiger partial charge >= 0.3 is 6.18 Å². The molecule has 2 heterocycles. The molecule has 0 amide bonds. The van der Waals surface area contributed by atoms with Crippen LogP contribution in [0.15, 0.2) is 54.6 Å². The van der Waals surface area contributed by atoms with Gasteiger partial charge in [-0.1, -0.05) is 36.4 Å². The van der Waals surface area contributed by atoms with Crippen LogP contribution in [0.4, 0.5) is 13.2 Å². The van der Waals surface area contributed by atoms with E-state index in [0.717, 1.165) is 10.6 Å². The fourth-order valence-electron chi connectivity index (χ4n) is 3.55. The van der Waals surface area contributed by atoms with E-state index in [1.54, 1.807) is 48.5 Å². The van der Waals surface area contributed by atoms with Gasteiger partial charge < -0.3 is 14.2 Å². The van der Waals surface area contributed by atoms with Crippen molar-refractivity contribution in [3.8, 4) is 33.9 Å². The molecule has 0 unspecified atom stereocenters. The summed E-state index contributed by atoms with van der Waals surface area (Å²) in [5, 5.41) is 4.22. The fraction of sp³-hybridized carbons (Fsp3) is 0.217. The van der Waals surface area contributed by atoms with Gasteiger partial charge in [-0.25, -0.2) is 9.50 Å². The Labute approximate surface area is 182 Å². The number of halogens is 3. The number of alkyl halides is 3. The molecule has 4 rings (SSSR count). The van der Waals surface area contributed by atoms with E-state index < -0.39 is 11.9 Å². The van der Waals surface area contributed by atoms with Crippen LogP contribution in [-0.4, -0.2) is 35.9 Å². The maximum atomic E-state index is 14.0. The lowest BCUT2D eigenvalue weighted by atomic mass is 10.0. The predicted molar refractivity (Wildman–Crippen MR) is 113 cm³/mol. The molecule has 0 fully saturated rings. The molecule has 0 aliphatic carbocycles. The van der Waals surface area contributed by atoms with Crippen LogP contribution in [0.2, 0.25) is 0 Å². The van der Waals surface area contributed by atoms with Gasteiger partial charge in [-0.05, 0) is 23.8 Å². The number of aromatic nitrogens is 3. The molecule has 0 aliphatic heterocycles. The van der Waals surface area contributed by atoms with Gasteiger partial charge in [0.25, 0.3) is 0 Å². The van der Waals surface area contributed by atoms with Crippen LogP contribution in [-0.2, 0) is 17.5 Å². The molecule has 0 saturated carbocycles. The Bertz CT molecular complexity index is 1250. The molecular formula is C23H20F3N3O3. The van der Waals surface area contributed by atoms with Gasteiger partial charge in [-0.2, -0.15) is 18.3 Å². The third-order valence-corrected chi connectivity index (χ3v) is 4.97. The Hall–Kier alpha value is -3.59. The van der Waals surface area contributed by atoms with Crippen LogP contribution in [0.1, 0.15) is 11.4 Å². The lowest BCUT2D eigenvalue weighted by Gasteiger charge is -2.12. The maximum Gasteiger partial charge on any atom is 0.433 e. The standard InChI is InChI=1S/C23H20F3N3O3/c1-30-13-17-21(15-9-10-18(31-2)19(11-15)32-3)22-27-16(14-7-5-4-6-8-14)12-20(23(24,25)26)29(22)28-17/h4-12H,13H2,1-3H3.